The number of carbonyl (C=O) groups is 2. The zero-order chi connectivity index (χ0) is 21.6. The molecule has 2 heterocycles. The molecule has 1 unspecified atom stereocenters. The van der Waals surface area contributed by atoms with Crippen molar-refractivity contribution in [3.8, 4) is 0 Å². The van der Waals surface area contributed by atoms with E-state index in [0.29, 0.717) is 30.9 Å². The van der Waals surface area contributed by atoms with Crippen molar-refractivity contribution < 1.29 is 14.0 Å². The Labute approximate surface area is 180 Å². The normalized spacial score (nSPS) is 19.3. The number of rotatable bonds is 8. The number of nitrogens with two attached hydrogens (primary N) is 1. The number of hydrogen-bond donors (Lipinski definition) is 4. The first-order valence-corrected chi connectivity index (χ1v) is 10.5. The molecule has 2 amide bonds. The van der Waals surface area contributed by atoms with Gasteiger partial charge >= 0.3 is 0 Å². The van der Waals surface area contributed by atoms with Crippen LogP contribution in [-0.4, -0.2) is 42.0 Å². The van der Waals surface area contributed by atoms with E-state index in [-0.39, 0.29) is 30.4 Å². The summed E-state index contributed by atoms with van der Waals surface area (Å²) in [4.78, 5) is 29.1. The molecule has 3 atom stereocenters. The van der Waals surface area contributed by atoms with Crippen LogP contribution in [0.2, 0.25) is 0 Å². The Morgan fingerprint density at radius 2 is 1.94 bits per heavy atom. The Bertz CT molecular complexity index is 1000. The van der Waals surface area contributed by atoms with Crippen LogP contribution in [0.3, 0.4) is 0 Å². The van der Waals surface area contributed by atoms with Crippen LogP contribution in [0.15, 0.2) is 59.0 Å². The summed E-state index contributed by atoms with van der Waals surface area (Å²) in [6.07, 6.45) is 1.94. The molecule has 2 aromatic carbocycles. The number of amides is 2. The lowest BCUT2D eigenvalue weighted by atomic mass is 10.0. The molecular weight excluding hydrogens is 394 g/mol. The van der Waals surface area contributed by atoms with Crippen molar-refractivity contribution in [2.24, 2.45) is 5.73 Å². The molecule has 8 heteroatoms. The number of benzene rings is 2. The average Bonchev–Trinajstić information content (AvgIpc) is 3.44. The van der Waals surface area contributed by atoms with Crippen molar-refractivity contribution in [2.75, 3.05) is 13.1 Å². The fourth-order valence-corrected chi connectivity index (χ4v) is 3.86. The van der Waals surface area contributed by atoms with Crippen LogP contribution in [-0.2, 0) is 16.0 Å². The van der Waals surface area contributed by atoms with Gasteiger partial charge in [0.2, 0.25) is 17.7 Å². The average molecular weight is 422 g/mol. The summed E-state index contributed by atoms with van der Waals surface area (Å²) in [5, 5.41) is 9.10. The number of aryl methyl sites for hydroxylation is 1. The highest BCUT2D eigenvalue weighted by Gasteiger charge is 2.32. The summed E-state index contributed by atoms with van der Waals surface area (Å²) in [7, 11) is 0. The smallest absolute Gasteiger partial charge is 0.237 e. The van der Waals surface area contributed by atoms with E-state index < -0.39 is 6.04 Å². The number of hydrogen-bond acceptors (Lipinski definition) is 6. The molecule has 0 aliphatic carbocycles. The fraction of sp³-hybridized carbons (Fsp3) is 0.348. The van der Waals surface area contributed by atoms with Crippen molar-refractivity contribution in [3.63, 3.8) is 0 Å². The summed E-state index contributed by atoms with van der Waals surface area (Å²) in [6, 6.07) is 16.8. The Balaban J connectivity index is 1.46. The highest BCUT2D eigenvalue weighted by Crippen LogP contribution is 2.24. The first kappa shape index (κ1) is 21.0. The lowest BCUT2D eigenvalue weighted by Crippen LogP contribution is -2.42. The largest absolute Gasteiger partial charge is 0.438 e. The lowest BCUT2D eigenvalue weighted by molar-refractivity contribution is -0.124. The standard InChI is InChI=1S/C23H27N5O3/c24-13-21(29)26-16-12-19(25-14-16)22(30)27-18(11-10-15-6-2-1-3-7-15)23-28-17-8-4-5-9-20(17)31-23/h1-9,16,18-19,25H,10-14,24H2,(H,26,29)(H,27,30)/t16?,18-,19-/m1/s1. The maximum atomic E-state index is 13.0. The van der Waals surface area contributed by atoms with Gasteiger partial charge in [-0.1, -0.05) is 42.5 Å². The Morgan fingerprint density at radius 3 is 2.71 bits per heavy atom. The number of nitrogens with zero attached hydrogens (tertiary/aromatic N) is 1. The first-order chi connectivity index (χ1) is 15.1. The van der Waals surface area contributed by atoms with Gasteiger partial charge in [-0.3, -0.25) is 9.59 Å². The number of nitrogens with one attached hydrogen (secondary N) is 3. The van der Waals surface area contributed by atoms with Gasteiger partial charge in [0.25, 0.3) is 0 Å². The van der Waals surface area contributed by atoms with E-state index in [2.05, 4.69) is 33.1 Å². The summed E-state index contributed by atoms with van der Waals surface area (Å²) in [6.45, 7) is 0.466. The van der Waals surface area contributed by atoms with Crippen molar-refractivity contribution in [1.82, 2.24) is 20.9 Å². The van der Waals surface area contributed by atoms with Crippen LogP contribution in [0, 0.1) is 0 Å². The maximum absolute atomic E-state index is 13.0. The Morgan fingerprint density at radius 1 is 1.16 bits per heavy atom. The van der Waals surface area contributed by atoms with E-state index in [1.165, 1.54) is 5.56 Å². The summed E-state index contributed by atoms with van der Waals surface area (Å²) in [5.41, 5.74) is 8.00. The number of oxazole rings is 1. The molecule has 1 aliphatic rings. The van der Waals surface area contributed by atoms with Gasteiger partial charge in [-0.2, -0.15) is 0 Å². The Kier molecular flexibility index (Phi) is 6.59. The summed E-state index contributed by atoms with van der Waals surface area (Å²) < 4.78 is 5.95. The van der Waals surface area contributed by atoms with Crippen molar-refractivity contribution in [2.45, 2.75) is 37.4 Å². The molecule has 1 saturated heterocycles. The molecule has 5 N–H and O–H groups in total. The lowest BCUT2D eigenvalue weighted by Gasteiger charge is -2.19. The highest BCUT2D eigenvalue weighted by molar-refractivity contribution is 5.83. The van der Waals surface area contributed by atoms with E-state index >= 15 is 0 Å². The molecule has 1 aromatic heterocycles. The van der Waals surface area contributed by atoms with Crippen molar-refractivity contribution in [3.05, 3.63) is 66.1 Å². The second-order valence-corrected chi connectivity index (χ2v) is 7.77. The number of fused-ring (bicyclic) bond motifs is 1. The molecular formula is C23H27N5O3. The first-order valence-electron chi connectivity index (χ1n) is 10.5. The third-order valence-electron chi connectivity index (χ3n) is 5.49. The molecule has 31 heavy (non-hydrogen) atoms. The van der Waals surface area contributed by atoms with E-state index in [0.717, 1.165) is 11.9 Å². The second kappa shape index (κ2) is 9.72. The van der Waals surface area contributed by atoms with Gasteiger partial charge in [-0.25, -0.2) is 4.98 Å². The topological polar surface area (TPSA) is 122 Å². The molecule has 0 saturated carbocycles. The van der Waals surface area contributed by atoms with Crippen molar-refractivity contribution in [1.29, 1.82) is 0 Å². The van der Waals surface area contributed by atoms with Gasteiger partial charge in [0, 0.05) is 12.6 Å². The molecule has 4 rings (SSSR count). The van der Waals surface area contributed by atoms with E-state index in [4.69, 9.17) is 10.2 Å². The van der Waals surface area contributed by atoms with Gasteiger partial charge in [0.05, 0.1) is 12.6 Å². The monoisotopic (exact) mass is 421 g/mol. The highest BCUT2D eigenvalue weighted by atomic mass is 16.3. The molecule has 3 aromatic rings. The minimum Gasteiger partial charge on any atom is -0.438 e. The SMILES string of the molecule is NCC(=O)NC1CN[C@@H](C(=O)N[C@H](CCc2ccccc2)c2nc3ccccc3o2)C1. The van der Waals surface area contributed by atoms with E-state index in [9.17, 15) is 9.59 Å². The molecule has 1 fully saturated rings. The van der Waals surface area contributed by atoms with Gasteiger partial charge in [0.1, 0.15) is 11.6 Å². The second-order valence-electron chi connectivity index (χ2n) is 7.77. The zero-order valence-electron chi connectivity index (χ0n) is 17.2. The van der Waals surface area contributed by atoms with Crippen LogP contribution in [0.25, 0.3) is 11.1 Å². The number of aromatic nitrogens is 1. The quantitative estimate of drug-likeness (QED) is 0.436. The molecule has 0 spiro atoms. The predicted molar refractivity (Wildman–Crippen MR) is 117 cm³/mol. The van der Waals surface area contributed by atoms with Gasteiger partial charge in [0.15, 0.2) is 5.58 Å². The van der Waals surface area contributed by atoms with Crippen LogP contribution in [0.4, 0.5) is 0 Å². The Hall–Kier alpha value is -3.23. The molecule has 8 nitrogen and oxygen atoms in total. The number of para-hydroxylation sites is 2. The minimum absolute atomic E-state index is 0.0629. The van der Waals surface area contributed by atoms with Crippen LogP contribution < -0.4 is 21.7 Å². The number of carbonyl (C=O) groups excluding carboxylic acids is 2. The van der Waals surface area contributed by atoms with Crippen molar-refractivity contribution >= 4 is 22.9 Å². The van der Waals surface area contributed by atoms with E-state index in [1.807, 2.05) is 42.5 Å². The van der Waals surface area contributed by atoms with Gasteiger partial charge in [-0.15, -0.1) is 0 Å². The van der Waals surface area contributed by atoms with Crippen LogP contribution in [0.5, 0.6) is 0 Å². The van der Waals surface area contributed by atoms with Crippen LogP contribution >= 0.6 is 0 Å². The van der Waals surface area contributed by atoms with Crippen LogP contribution in [0.1, 0.15) is 30.3 Å². The summed E-state index contributed by atoms with van der Waals surface area (Å²) in [5.74, 6) is 0.140. The molecule has 1 aliphatic heterocycles. The third-order valence-corrected chi connectivity index (χ3v) is 5.49. The van der Waals surface area contributed by atoms with E-state index in [1.54, 1.807) is 0 Å². The molecule has 162 valence electrons. The molecule has 0 bridgehead atoms. The zero-order valence-corrected chi connectivity index (χ0v) is 17.2. The fourth-order valence-electron chi connectivity index (χ4n) is 3.86. The van der Waals surface area contributed by atoms with Gasteiger partial charge < -0.3 is 26.1 Å². The predicted octanol–water partition coefficient (Wildman–Crippen LogP) is 1.42. The maximum Gasteiger partial charge on any atom is 0.237 e. The minimum atomic E-state index is -0.397. The van der Waals surface area contributed by atoms with Gasteiger partial charge in [-0.05, 0) is 37.0 Å². The third kappa shape index (κ3) is 5.28. The summed E-state index contributed by atoms with van der Waals surface area (Å²) >= 11 is 0. The molecule has 0 radical (unpaired) electrons.